The van der Waals surface area contributed by atoms with Crippen LogP contribution in [0, 0.1) is 5.92 Å². The van der Waals surface area contributed by atoms with Gasteiger partial charge < -0.3 is 9.47 Å². The Morgan fingerprint density at radius 1 is 0.950 bits per heavy atom. The fraction of sp³-hybridized carbons (Fsp3) is 0.647. The molecule has 0 radical (unpaired) electrons. The Morgan fingerprint density at radius 3 is 1.95 bits per heavy atom. The molecule has 112 valence electrons. The van der Waals surface area contributed by atoms with Crippen molar-refractivity contribution in [2.75, 3.05) is 13.2 Å². The highest BCUT2D eigenvalue weighted by atomic mass is 79.9. The molecule has 0 fully saturated rings. The number of hydrogen-bond acceptors (Lipinski definition) is 2. The third-order valence-electron chi connectivity index (χ3n) is 4.11. The molecule has 1 aliphatic rings. The second kappa shape index (κ2) is 6.84. The molecule has 2 rings (SSSR count). The first-order valence-corrected chi connectivity index (χ1v) is 8.59. The summed E-state index contributed by atoms with van der Waals surface area (Å²) in [5, 5.41) is 0. The van der Waals surface area contributed by atoms with Gasteiger partial charge in [-0.3, -0.25) is 0 Å². The van der Waals surface area contributed by atoms with E-state index in [9.17, 15) is 0 Å². The third kappa shape index (κ3) is 2.98. The molecule has 0 bridgehead atoms. The average molecular weight is 341 g/mol. The summed E-state index contributed by atoms with van der Waals surface area (Å²) in [5.74, 6) is 2.95. The van der Waals surface area contributed by atoms with Gasteiger partial charge in [0.15, 0.2) is 11.5 Å². The molecular formula is C17H25BrO2. The van der Waals surface area contributed by atoms with Crippen LogP contribution < -0.4 is 9.47 Å². The SMILES string of the molecule is CCCOc1cc2c(cc1OCCC)C(Br)C(C)C2C. The van der Waals surface area contributed by atoms with E-state index in [1.165, 1.54) is 11.1 Å². The van der Waals surface area contributed by atoms with Gasteiger partial charge in [-0.2, -0.15) is 0 Å². The zero-order valence-corrected chi connectivity index (χ0v) is 14.5. The Bertz CT molecular complexity index is 418. The Kier molecular flexibility index (Phi) is 5.36. The lowest BCUT2D eigenvalue weighted by Crippen LogP contribution is -2.03. The zero-order chi connectivity index (χ0) is 14.7. The molecule has 0 spiro atoms. The summed E-state index contributed by atoms with van der Waals surface area (Å²) in [7, 11) is 0. The van der Waals surface area contributed by atoms with Crippen LogP contribution in [0.2, 0.25) is 0 Å². The second-order valence-electron chi connectivity index (χ2n) is 5.67. The van der Waals surface area contributed by atoms with Crippen molar-refractivity contribution in [1.29, 1.82) is 0 Å². The van der Waals surface area contributed by atoms with E-state index < -0.39 is 0 Å². The second-order valence-corrected chi connectivity index (χ2v) is 6.66. The summed E-state index contributed by atoms with van der Waals surface area (Å²) in [4.78, 5) is 0.414. The van der Waals surface area contributed by atoms with Gasteiger partial charge in [0.05, 0.1) is 13.2 Å². The lowest BCUT2D eigenvalue weighted by Gasteiger charge is -2.15. The van der Waals surface area contributed by atoms with Crippen LogP contribution in [0.15, 0.2) is 12.1 Å². The van der Waals surface area contributed by atoms with Gasteiger partial charge in [0.25, 0.3) is 0 Å². The highest BCUT2D eigenvalue weighted by Gasteiger charge is 2.35. The summed E-state index contributed by atoms with van der Waals surface area (Å²) in [5.41, 5.74) is 2.76. The minimum absolute atomic E-state index is 0.414. The van der Waals surface area contributed by atoms with Crippen molar-refractivity contribution in [3.8, 4) is 11.5 Å². The molecule has 3 atom stereocenters. The highest BCUT2D eigenvalue weighted by Crippen LogP contribution is 2.52. The van der Waals surface area contributed by atoms with E-state index in [1.807, 2.05) is 0 Å². The molecule has 1 aliphatic carbocycles. The van der Waals surface area contributed by atoms with Crippen LogP contribution >= 0.6 is 15.9 Å². The summed E-state index contributed by atoms with van der Waals surface area (Å²) in [6.45, 7) is 10.3. The first kappa shape index (κ1) is 15.7. The van der Waals surface area contributed by atoms with Crippen LogP contribution in [0.4, 0.5) is 0 Å². The number of ether oxygens (including phenoxy) is 2. The lowest BCUT2D eigenvalue weighted by atomic mass is 9.96. The van der Waals surface area contributed by atoms with Crippen molar-refractivity contribution in [1.82, 2.24) is 0 Å². The van der Waals surface area contributed by atoms with E-state index in [2.05, 4.69) is 55.8 Å². The molecule has 3 unspecified atom stereocenters. The highest BCUT2D eigenvalue weighted by molar-refractivity contribution is 9.09. The fourth-order valence-electron chi connectivity index (χ4n) is 2.69. The molecular weight excluding hydrogens is 316 g/mol. The van der Waals surface area contributed by atoms with E-state index in [0.29, 0.717) is 16.7 Å². The van der Waals surface area contributed by atoms with Crippen molar-refractivity contribution in [3.63, 3.8) is 0 Å². The number of hydrogen-bond donors (Lipinski definition) is 0. The summed E-state index contributed by atoms with van der Waals surface area (Å²) in [6.07, 6.45) is 2.02. The Balaban J connectivity index is 2.35. The topological polar surface area (TPSA) is 18.5 Å². The Morgan fingerprint density at radius 2 is 1.45 bits per heavy atom. The number of rotatable bonds is 6. The molecule has 0 saturated carbocycles. The van der Waals surface area contributed by atoms with Gasteiger partial charge in [-0.1, -0.05) is 43.6 Å². The van der Waals surface area contributed by atoms with Crippen molar-refractivity contribution in [2.24, 2.45) is 5.92 Å². The predicted octanol–water partition coefficient (Wildman–Crippen LogP) is 5.45. The molecule has 0 aromatic heterocycles. The van der Waals surface area contributed by atoms with Gasteiger partial charge in [-0.05, 0) is 47.9 Å². The minimum atomic E-state index is 0.414. The van der Waals surface area contributed by atoms with Crippen LogP contribution in [0.25, 0.3) is 0 Å². The monoisotopic (exact) mass is 340 g/mol. The van der Waals surface area contributed by atoms with Crippen LogP contribution in [-0.2, 0) is 0 Å². The molecule has 0 N–H and O–H groups in total. The van der Waals surface area contributed by atoms with E-state index in [0.717, 1.165) is 37.6 Å². The number of alkyl halides is 1. The van der Waals surface area contributed by atoms with Gasteiger partial charge >= 0.3 is 0 Å². The lowest BCUT2D eigenvalue weighted by molar-refractivity contribution is 0.268. The number of benzene rings is 1. The minimum Gasteiger partial charge on any atom is -0.490 e. The maximum absolute atomic E-state index is 5.89. The average Bonchev–Trinajstić information content (AvgIpc) is 2.67. The number of fused-ring (bicyclic) bond motifs is 1. The third-order valence-corrected chi connectivity index (χ3v) is 5.44. The maximum Gasteiger partial charge on any atom is 0.161 e. The van der Waals surface area contributed by atoms with E-state index in [1.54, 1.807) is 0 Å². The molecule has 2 nitrogen and oxygen atoms in total. The van der Waals surface area contributed by atoms with Gasteiger partial charge in [-0.15, -0.1) is 0 Å². The maximum atomic E-state index is 5.89. The quantitative estimate of drug-likeness (QED) is 0.640. The van der Waals surface area contributed by atoms with Crippen LogP contribution in [0.5, 0.6) is 11.5 Å². The summed E-state index contributed by atoms with van der Waals surface area (Å²) in [6, 6.07) is 4.37. The molecule has 1 aromatic rings. The smallest absolute Gasteiger partial charge is 0.161 e. The van der Waals surface area contributed by atoms with E-state index in [-0.39, 0.29) is 0 Å². The Labute approximate surface area is 131 Å². The van der Waals surface area contributed by atoms with Crippen LogP contribution in [0.1, 0.15) is 62.4 Å². The molecule has 0 aliphatic heterocycles. The molecule has 0 heterocycles. The first-order chi connectivity index (χ1) is 9.60. The van der Waals surface area contributed by atoms with Crippen molar-refractivity contribution in [2.45, 2.75) is 51.3 Å². The van der Waals surface area contributed by atoms with Crippen LogP contribution in [0.3, 0.4) is 0 Å². The van der Waals surface area contributed by atoms with E-state index in [4.69, 9.17) is 9.47 Å². The van der Waals surface area contributed by atoms with Crippen molar-refractivity contribution >= 4 is 15.9 Å². The summed E-state index contributed by atoms with van der Waals surface area (Å²) >= 11 is 3.83. The Hall–Kier alpha value is -0.700. The standard InChI is InChI=1S/C17H25BrO2/c1-5-7-19-15-9-13-11(3)12(4)17(18)14(13)10-16(15)20-8-6-2/h9-12,17H,5-8H2,1-4H3. The summed E-state index contributed by atoms with van der Waals surface area (Å²) < 4.78 is 11.8. The van der Waals surface area contributed by atoms with Gasteiger partial charge in [-0.25, -0.2) is 0 Å². The molecule has 0 saturated heterocycles. The number of halogens is 1. The predicted molar refractivity (Wildman–Crippen MR) is 87.3 cm³/mol. The normalized spacial score (nSPS) is 24.6. The molecule has 3 heteroatoms. The fourth-order valence-corrected chi connectivity index (χ4v) is 3.55. The zero-order valence-electron chi connectivity index (χ0n) is 12.9. The van der Waals surface area contributed by atoms with Gasteiger partial charge in [0.1, 0.15) is 0 Å². The van der Waals surface area contributed by atoms with Gasteiger partial charge in [0, 0.05) is 4.83 Å². The van der Waals surface area contributed by atoms with Crippen molar-refractivity contribution in [3.05, 3.63) is 23.3 Å². The molecule has 1 aromatic carbocycles. The van der Waals surface area contributed by atoms with Crippen LogP contribution in [-0.4, -0.2) is 13.2 Å². The molecule has 0 amide bonds. The molecule has 20 heavy (non-hydrogen) atoms. The van der Waals surface area contributed by atoms with Gasteiger partial charge in [0.2, 0.25) is 0 Å². The largest absolute Gasteiger partial charge is 0.490 e. The first-order valence-electron chi connectivity index (χ1n) is 7.67. The van der Waals surface area contributed by atoms with Crippen molar-refractivity contribution < 1.29 is 9.47 Å². The van der Waals surface area contributed by atoms with E-state index >= 15 is 0 Å².